The third-order valence-electron chi connectivity index (χ3n) is 4.45. The van der Waals surface area contributed by atoms with Crippen LogP contribution in [0.4, 0.5) is 0 Å². The lowest BCUT2D eigenvalue weighted by molar-refractivity contribution is -0.132. The zero-order valence-electron chi connectivity index (χ0n) is 12.5. The molecule has 4 nitrogen and oxygen atoms in total. The van der Waals surface area contributed by atoms with Crippen molar-refractivity contribution in [2.75, 3.05) is 19.7 Å². The third kappa shape index (κ3) is 4.05. The van der Waals surface area contributed by atoms with E-state index in [9.17, 15) is 4.79 Å². The topological polar surface area (TPSA) is 41.6 Å². The summed E-state index contributed by atoms with van der Waals surface area (Å²) in [6.07, 6.45) is 4.06. The molecule has 2 aliphatic heterocycles. The second-order valence-electron chi connectivity index (χ2n) is 6.05. The van der Waals surface area contributed by atoms with E-state index in [1.165, 1.54) is 12.8 Å². The molecule has 21 heavy (non-hydrogen) atoms. The number of hydrogen-bond donors (Lipinski definition) is 1. The van der Waals surface area contributed by atoms with E-state index in [0.29, 0.717) is 31.7 Å². The number of carbonyl (C=O) groups excluding carboxylic acids is 1. The molecule has 1 N–H and O–H groups in total. The second-order valence-corrected chi connectivity index (χ2v) is 6.05. The summed E-state index contributed by atoms with van der Waals surface area (Å²) in [5.74, 6) is 0.234. The molecule has 0 radical (unpaired) electrons. The van der Waals surface area contributed by atoms with Crippen LogP contribution >= 0.6 is 0 Å². The average Bonchev–Trinajstić information content (AvgIpc) is 2.84. The standard InChI is InChI=1S/C17H24N2O2/c20-17(9-11-21-13-14-4-2-1-3-5-14)19-10-8-15-6-7-16(12-19)18-15/h1-5,15-16,18H,6-13H2. The first-order valence-corrected chi connectivity index (χ1v) is 7.97. The van der Waals surface area contributed by atoms with Crippen LogP contribution in [-0.4, -0.2) is 42.6 Å². The van der Waals surface area contributed by atoms with Crippen molar-refractivity contribution in [3.05, 3.63) is 35.9 Å². The zero-order chi connectivity index (χ0) is 14.5. The monoisotopic (exact) mass is 288 g/mol. The minimum Gasteiger partial charge on any atom is -0.376 e. The molecular weight excluding hydrogens is 264 g/mol. The first-order valence-electron chi connectivity index (χ1n) is 7.97. The number of ether oxygens (including phenoxy) is 1. The molecule has 1 amide bonds. The van der Waals surface area contributed by atoms with Gasteiger partial charge in [0, 0.05) is 25.2 Å². The number of amides is 1. The van der Waals surface area contributed by atoms with E-state index in [0.717, 1.165) is 25.1 Å². The van der Waals surface area contributed by atoms with Gasteiger partial charge in [-0.1, -0.05) is 30.3 Å². The Kier molecular flexibility index (Phi) is 4.88. The summed E-state index contributed by atoms with van der Waals surface area (Å²) in [5, 5.41) is 3.60. The van der Waals surface area contributed by atoms with Crippen LogP contribution in [0.2, 0.25) is 0 Å². The van der Waals surface area contributed by atoms with Gasteiger partial charge in [0.05, 0.1) is 19.6 Å². The van der Waals surface area contributed by atoms with E-state index < -0.39 is 0 Å². The molecule has 0 aliphatic carbocycles. The smallest absolute Gasteiger partial charge is 0.224 e. The Bertz CT molecular complexity index is 463. The fraction of sp³-hybridized carbons (Fsp3) is 0.588. The summed E-state index contributed by atoms with van der Waals surface area (Å²) < 4.78 is 5.61. The summed E-state index contributed by atoms with van der Waals surface area (Å²) in [6, 6.07) is 11.2. The predicted molar refractivity (Wildman–Crippen MR) is 81.9 cm³/mol. The number of likely N-dealkylation sites (tertiary alicyclic amines) is 1. The van der Waals surface area contributed by atoms with Gasteiger partial charge in [-0.25, -0.2) is 0 Å². The lowest BCUT2D eigenvalue weighted by Gasteiger charge is -2.24. The summed E-state index contributed by atoms with van der Waals surface area (Å²) in [5.41, 5.74) is 1.15. The lowest BCUT2D eigenvalue weighted by Crippen LogP contribution is -2.39. The van der Waals surface area contributed by atoms with Gasteiger partial charge in [0.2, 0.25) is 5.91 Å². The number of nitrogens with one attached hydrogen (secondary N) is 1. The molecule has 2 unspecified atom stereocenters. The van der Waals surface area contributed by atoms with Crippen LogP contribution in [-0.2, 0) is 16.1 Å². The van der Waals surface area contributed by atoms with Crippen molar-refractivity contribution in [1.29, 1.82) is 0 Å². The summed E-state index contributed by atoms with van der Waals surface area (Å²) in [4.78, 5) is 14.3. The maximum Gasteiger partial charge on any atom is 0.224 e. The summed E-state index contributed by atoms with van der Waals surface area (Å²) in [7, 11) is 0. The van der Waals surface area contributed by atoms with E-state index in [1.54, 1.807) is 0 Å². The van der Waals surface area contributed by atoms with Crippen molar-refractivity contribution in [2.24, 2.45) is 0 Å². The molecule has 114 valence electrons. The predicted octanol–water partition coefficient (Wildman–Crippen LogP) is 1.95. The highest BCUT2D eigenvalue weighted by molar-refractivity contribution is 5.76. The van der Waals surface area contributed by atoms with E-state index in [1.807, 2.05) is 35.2 Å². The van der Waals surface area contributed by atoms with Crippen LogP contribution in [0.1, 0.15) is 31.2 Å². The summed E-state index contributed by atoms with van der Waals surface area (Å²) >= 11 is 0. The molecule has 2 saturated heterocycles. The Morgan fingerprint density at radius 3 is 2.86 bits per heavy atom. The quantitative estimate of drug-likeness (QED) is 0.842. The zero-order valence-corrected chi connectivity index (χ0v) is 12.5. The van der Waals surface area contributed by atoms with Crippen molar-refractivity contribution in [2.45, 2.75) is 44.4 Å². The van der Waals surface area contributed by atoms with Crippen molar-refractivity contribution < 1.29 is 9.53 Å². The second kappa shape index (κ2) is 7.05. The molecule has 1 aromatic carbocycles. The van der Waals surface area contributed by atoms with Crippen molar-refractivity contribution in [3.8, 4) is 0 Å². The van der Waals surface area contributed by atoms with Crippen LogP contribution in [0, 0.1) is 0 Å². The Morgan fingerprint density at radius 2 is 2.00 bits per heavy atom. The maximum atomic E-state index is 12.3. The molecule has 0 aromatic heterocycles. The fourth-order valence-corrected chi connectivity index (χ4v) is 3.25. The van der Waals surface area contributed by atoms with Crippen molar-refractivity contribution in [3.63, 3.8) is 0 Å². The lowest BCUT2D eigenvalue weighted by atomic mass is 10.1. The molecule has 2 heterocycles. The van der Waals surface area contributed by atoms with Gasteiger partial charge in [0.25, 0.3) is 0 Å². The minimum atomic E-state index is 0.234. The first-order chi connectivity index (χ1) is 10.3. The largest absolute Gasteiger partial charge is 0.376 e. The molecular formula is C17H24N2O2. The molecule has 0 saturated carbocycles. The van der Waals surface area contributed by atoms with Crippen molar-refractivity contribution in [1.82, 2.24) is 10.2 Å². The van der Waals surface area contributed by atoms with Gasteiger partial charge in [0.1, 0.15) is 0 Å². The molecule has 2 bridgehead atoms. The van der Waals surface area contributed by atoms with Gasteiger partial charge < -0.3 is 15.0 Å². The Balaban J connectivity index is 1.38. The Hall–Kier alpha value is -1.39. The fourth-order valence-electron chi connectivity index (χ4n) is 3.25. The van der Waals surface area contributed by atoms with E-state index in [-0.39, 0.29) is 5.91 Å². The number of rotatable bonds is 5. The highest BCUT2D eigenvalue weighted by atomic mass is 16.5. The van der Waals surface area contributed by atoms with Gasteiger partial charge in [0.15, 0.2) is 0 Å². The van der Waals surface area contributed by atoms with E-state index >= 15 is 0 Å². The van der Waals surface area contributed by atoms with Crippen LogP contribution in [0.15, 0.2) is 30.3 Å². The Morgan fingerprint density at radius 1 is 1.19 bits per heavy atom. The van der Waals surface area contributed by atoms with Gasteiger partial charge >= 0.3 is 0 Å². The molecule has 4 heteroatoms. The third-order valence-corrected chi connectivity index (χ3v) is 4.45. The summed E-state index contributed by atoms with van der Waals surface area (Å²) in [6.45, 7) is 2.85. The number of benzene rings is 1. The van der Waals surface area contributed by atoms with Gasteiger partial charge in [-0.2, -0.15) is 0 Å². The van der Waals surface area contributed by atoms with Gasteiger partial charge in [-0.3, -0.25) is 4.79 Å². The highest BCUT2D eigenvalue weighted by Crippen LogP contribution is 2.20. The molecule has 2 atom stereocenters. The molecule has 1 aromatic rings. The highest BCUT2D eigenvalue weighted by Gasteiger charge is 2.30. The molecule has 0 spiro atoms. The van der Waals surface area contributed by atoms with Crippen LogP contribution in [0.5, 0.6) is 0 Å². The SMILES string of the molecule is O=C(CCOCc1ccccc1)N1CCC2CCC(C1)N2. The van der Waals surface area contributed by atoms with Crippen LogP contribution in [0.25, 0.3) is 0 Å². The van der Waals surface area contributed by atoms with E-state index in [2.05, 4.69) is 5.32 Å². The molecule has 3 rings (SSSR count). The van der Waals surface area contributed by atoms with E-state index in [4.69, 9.17) is 4.74 Å². The number of nitrogens with zero attached hydrogens (tertiary/aromatic N) is 1. The van der Waals surface area contributed by atoms with Crippen LogP contribution < -0.4 is 5.32 Å². The van der Waals surface area contributed by atoms with Gasteiger partial charge in [-0.15, -0.1) is 0 Å². The average molecular weight is 288 g/mol. The van der Waals surface area contributed by atoms with Crippen LogP contribution in [0.3, 0.4) is 0 Å². The minimum absolute atomic E-state index is 0.234. The number of carbonyl (C=O) groups is 1. The number of fused-ring (bicyclic) bond motifs is 2. The first kappa shape index (κ1) is 14.5. The molecule has 2 aliphatic rings. The Labute approximate surface area is 126 Å². The number of hydrogen-bond acceptors (Lipinski definition) is 3. The maximum absolute atomic E-state index is 12.3. The van der Waals surface area contributed by atoms with Gasteiger partial charge in [-0.05, 0) is 24.8 Å². The normalized spacial score (nSPS) is 24.9. The van der Waals surface area contributed by atoms with Crippen molar-refractivity contribution >= 4 is 5.91 Å². The molecule has 2 fully saturated rings.